The van der Waals surface area contributed by atoms with Crippen LogP contribution >= 0.6 is 0 Å². The molecule has 0 aliphatic heterocycles. The molecule has 0 aromatic carbocycles. The number of carboxylic acid groups (broad SMARTS) is 1. The molecule has 0 radical (unpaired) electrons. The Morgan fingerprint density at radius 1 is 1.32 bits per heavy atom. The number of amides is 1. The highest BCUT2D eigenvalue weighted by Crippen LogP contribution is 2.12. The molecule has 19 heavy (non-hydrogen) atoms. The van der Waals surface area contributed by atoms with Crippen molar-refractivity contribution in [3.63, 3.8) is 0 Å². The van der Waals surface area contributed by atoms with Gasteiger partial charge in [0.05, 0.1) is 6.61 Å². The molecule has 0 bridgehead atoms. The minimum atomic E-state index is -1.28. The predicted molar refractivity (Wildman–Crippen MR) is 65.0 cm³/mol. The fourth-order valence-electron chi connectivity index (χ4n) is 1.38. The molecule has 0 aromatic heterocycles. The Bertz CT molecular complexity index is 320. The van der Waals surface area contributed by atoms with Gasteiger partial charge in [0, 0.05) is 6.92 Å². The number of rotatable bonds is 7. The molecule has 0 fully saturated rings. The van der Waals surface area contributed by atoms with E-state index in [1.165, 1.54) is 0 Å². The number of hydroxylamine groups is 2. The summed E-state index contributed by atoms with van der Waals surface area (Å²) >= 11 is 0. The number of nitrogens with zero attached hydrogens (tertiary/aromatic N) is 1. The Morgan fingerprint density at radius 3 is 2.37 bits per heavy atom. The summed E-state index contributed by atoms with van der Waals surface area (Å²) in [5, 5.41) is 9.56. The summed E-state index contributed by atoms with van der Waals surface area (Å²) in [6.07, 6.45) is 0.224. The highest BCUT2D eigenvalue weighted by atomic mass is 16.8. The lowest BCUT2D eigenvalue weighted by molar-refractivity contribution is -0.194. The molecule has 0 aliphatic carbocycles. The summed E-state index contributed by atoms with van der Waals surface area (Å²) in [6, 6.07) is -1.28. The predicted octanol–water partition coefficient (Wildman–Crippen LogP) is 0.505. The van der Waals surface area contributed by atoms with Crippen LogP contribution in [0.5, 0.6) is 0 Å². The van der Waals surface area contributed by atoms with Crippen molar-refractivity contribution in [3.8, 4) is 0 Å². The van der Waals surface area contributed by atoms with Gasteiger partial charge < -0.3 is 20.4 Å². The van der Waals surface area contributed by atoms with Crippen molar-refractivity contribution >= 4 is 18.0 Å². The third-order valence-electron chi connectivity index (χ3n) is 2.17. The molecule has 0 rings (SSSR count). The molecule has 0 heterocycles. The summed E-state index contributed by atoms with van der Waals surface area (Å²) in [4.78, 5) is 38.3. The molecule has 0 spiro atoms. The van der Waals surface area contributed by atoms with Crippen LogP contribution in [-0.2, 0) is 19.2 Å². The van der Waals surface area contributed by atoms with E-state index in [-0.39, 0.29) is 13.0 Å². The maximum Gasteiger partial charge on any atom is 0.444 e. The van der Waals surface area contributed by atoms with E-state index in [4.69, 9.17) is 10.8 Å². The first kappa shape index (κ1) is 17.2. The van der Waals surface area contributed by atoms with Gasteiger partial charge in [-0.05, 0) is 32.7 Å². The molecule has 0 aromatic rings. The zero-order chi connectivity index (χ0) is 14.8. The fraction of sp³-hybridized carbons (Fsp3) is 0.727. The SMILES string of the molecule is CCOC(=O)N(OC(C)=O)C(CCCCN)C(=O)O. The number of carbonyl (C=O) groups is 3. The van der Waals surface area contributed by atoms with Crippen molar-refractivity contribution in [3.05, 3.63) is 0 Å². The smallest absolute Gasteiger partial charge is 0.444 e. The van der Waals surface area contributed by atoms with Crippen LogP contribution < -0.4 is 5.73 Å². The molecular weight excluding hydrogens is 256 g/mol. The van der Waals surface area contributed by atoms with E-state index in [0.717, 1.165) is 6.92 Å². The van der Waals surface area contributed by atoms with Crippen LogP contribution in [0.25, 0.3) is 0 Å². The van der Waals surface area contributed by atoms with E-state index >= 15 is 0 Å². The van der Waals surface area contributed by atoms with Crippen LogP contribution in [0.2, 0.25) is 0 Å². The minimum absolute atomic E-state index is 0.0474. The Morgan fingerprint density at radius 2 is 1.95 bits per heavy atom. The number of hydrogen-bond acceptors (Lipinski definition) is 6. The fourth-order valence-corrected chi connectivity index (χ4v) is 1.38. The summed E-state index contributed by atoms with van der Waals surface area (Å²) in [7, 11) is 0. The third-order valence-corrected chi connectivity index (χ3v) is 2.17. The van der Waals surface area contributed by atoms with Crippen molar-refractivity contribution in [1.82, 2.24) is 5.06 Å². The van der Waals surface area contributed by atoms with Gasteiger partial charge >= 0.3 is 18.0 Å². The quantitative estimate of drug-likeness (QED) is 0.513. The molecule has 8 heteroatoms. The Kier molecular flexibility index (Phi) is 8.27. The Hall–Kier alpha value is -1.83. The van der Waals surface area contributed by atoms with Crippen LogP contribution in [0, 0.1) is 0 Å². The summed E-state index contributed by atoms with van der Waals surface area (Å²) in [5.74, 6) is -2.07. The van der Waals surface area contributed by atoms with Gasteiger partial charge in [-0.3, -0.25) is 4.79 Å². The van der Waals surface area contributed by atoms with Gasteiger partial charge in [0.1, 0.15) is 0 Å². The highest BCUT2D eigenvalue weighted by Gasteiger charge is 2.33. The first-order chi connectivity index (χ1) is 8.93. The van der Waals surface area contributed by atoms with Gasteiger partial charge in [-0.25, -0.2) is 9.59 Å². The molecule has 3 N–H and O–H groups in total. The number of ether oxygens (including phenoxy) is 1. The number of aliphatic carboxylic acids is 1. The second kappa shape index (κ2) is 9.15. The van der Waals surface area contributed by atoms with Gasteiger partial charge in [-0.2, -0.15) is 0 Å². The third kappa shape index (κ3) is 6.61. The van der Waals surface area contributed by atoms with Gasteiger partial charge in [0.15, 0.2) is 6.04 Å². The van der Waals surface area contributed by atoms with Gasteiger partial charge in [0.25, 0.3) is 0 Å². The molecule has 1 amide bonds. The van der Waals surface area contributed by atoms with E-state index in [0.29, 0.717) is 24.4 Å². The van der Waals surface area contributed by atoms with Crippen LogP contribution in [0.3, 0.4) is 0 Å². The number of unbranched alkanes of at least 4 members (excludes halogenated alkanes) is 1. The number of carbonyl (C=O) groups excluding carboxylic acids is 2. The van der Waals surface area contributed by atoms with Gasteiger partial charge in [-0.15, -0.1) is 5.06 Å². The topological polar surface area (TPSA) is 119 Å². The lowest BCUT2D eigenvalue weighted by atomic mass is 10.1. The van der Waals surface area contributed by atoms with Crippen molar-refractivity contribution < 1.29 is 29.1 Å². The average molecular weight is 276 g/mol. The van der Waals surface area contributed by atoms with Crippen LogP contribution in [0.1, 0.15) is 33.1 Å². The summed E-state index contributed by atoms with van der Waals surface area (Å²) in [5.41, 5.74) is 5.32. The largest absolute Gasteiger partial charge is 0.480 e. The zero-order valence-corrected chi connectivity index (χ0v) is 11.1. The van der Waals surface area contributed by atoms with E-state index in [2.05, 4.69) is 9.57 Å². The van der Waals surface area contributed by atoms with E-state index in [1.807, 2.05) is 0 Å². The maximum atomic E-state index is 11.6. The van der Waals surface area contributed by atoms with Crippen molar-refractivity contribution in [2.45, 2.75) is 39.2 Å². The lowest BCUT2D eigenvalue weighted by Crippen LogP contribution is -2.46. The van der Waals surface area contributed by atoms with Crippen molar-refractivity contribution in [2.75, 3.05) is 13.2 Å². The summed E-state index contributed by atoms with van der Waals surface area (Å²) < 4.78 is 4.66. The van der Waals surface area contributed by atoms with Crippen molar-refractivity contribution in [1.29, 1.82) is 0 Å². The summed E-state index contributed by atoms with van der Waals surface area (Å²) in [6.45, 7) is 3.10. The second-order valence-corrected chi connectivity index (χ2v) is 3.75. The molecule has 0 aliphatic rings. The number of hydrogen-bond donors (Lipinski definition) is 2. The van der Waals surface area contributed by atoms with Crippen LogP contribution in [-0.4, -0.2) is 47.4 Å². The minimum Gasteiger partial charge on any atom is -0.480 e. The second-order valence-electron chi connectivity index (χ2n) is 3.75. The first-order valence-electron chi connectivity index (χ1n) is 6.01. The molecule has 8 nitrogen and oxygen atoms in total. The normalized spacial score (nSPS) is 11.5. The van der Waals surface area contributed by atoms with E-state index < -0.39 is 24.1 Å². The van der Waals surface area contributed by atoms with Crippen molar-refractivity contribution in [2.24, 2.45) is 5.73 Å². The standard InChI is InChI=1S/C11H20N2O6/c1-3-18-11(17)13(19-8(2)14)9(10(15)16)6-4-5-7-12/h9H,3-7,12H2,1-2H3,(H,15,16). The Balaban J connectivity index is 4.85. The van der Waals surface area contributed by atoms with Gasteiger partial charge in [0.2, 0.25) is 0 Å². The van der Waals surface area contributed by atoms with E-state index in [9.17, 15) is 14.4 Å². The highest BCUT2D eigenvalue weighted by molar-refractivity contribution is 5.80. The first-order valence-corrected chi connectivity index (χ1v) is 6.01. The Labute approximate surface area is 111 Å². The monoisotopic (exact) mass is 276 g/mol. The van der Waals surface area contributed by atoms with E-state index in [1.54, 1.807) is 6.92 Å². The number of carboxylic acids is 1. The molecule has 1 unspecified atom stereocenters. The van der Waals surface area contributed by atoms with Crippen LogP contribution in [0.4, 0.5) is 4.79 Å². The average Bonchev–Trinajstić information content (AvgIpc) is 2.32. The molecule has 0 saturated carbocycles. The van der Waals surface area contributed by atoms with Gasteiger partial charge in [-0.1, -0.05) is 0 Å². The molecule has 0 saturated heterocycles. The molecular formula is C11H20N2O6. The molecule has 110 valence electrons. The molecule has 1 atom stereocenters. The number of nitrogens with two attached hydrogens (primary N) is 1. The lowest BCUT2D eigenvalue weighted by Gasteiger charge is -2.25. The maximum absolute atomic E-state index is 11.6. The zero-order valence-electron chi connectivity index (χ0n) is 11.1. The van der Waals surface area contributed by atoms with Crippen LogP contribution in [0.15, 0.2) is 0 Å².